The van der Waals surface area contributed by atoms with Crippen LogP contribution in [0.3, 0.4) is 0 Å². The number of thiophene rings is 1. The van der Waals surface area contributed by atoms with Crippen LogP contribution in [-0.4, -0.2) is 25.4 Å². The SMILES string of the molecule is O=C(CCOCC(F)F)c1cccc2ccsc12. The van der Waals surface area contributed by atoms with Crippen molar-refractivity contribution in [3.63, 3.8) is 0 Å². The summed E-state index contributed by atoms with van der Waals surface area (Å²) in [5, 5.41) is 2.95. The van der Waals surface area contributed by atoms with Gasteiger partial charge in [0.15, 0.2) is 5.78 Å². The molecule has 0 saturated heterocycles. The summed E-state index contributed by atoms with van der Waals surface area (Å²) in [5.74, 6) is -0.0719. The lowest BCUT2D eigenvalue weighted by atomic mass is 10.1. The Morgan fingerprint density at radius 3 is 2.94 bits per heavy atom. The van der Waals surface area contributed by atoms with Crippen molar-refractivity contribution in [2.24, 2.45) is 0 Å². The molecule has 5 heteroatoms. The second-order valence-corrected chi connectivity index (χ2v) is 4.70. The highest BCUT2D eigenvalue weighted by molar-refractivity contribution is 7.17. The number of hydrogen-bond acceptors (Lipinski definition) is 3. The first kappa shape index (κ1) is 13.1. The quantitative estimate of drug-likeness (QED) is 0.590. The smallest absolute Gasteiger partial charge is 0.261 e. The Balaban J connectivity index is 1.98. The van der Waals surface area contributed by atoms with Crippen LogP contribution in [0.1, 0.15) is 16.8 Å². The number of alkyl halides is 2. The summed E-state index contributed by atoms with van der Waals surface area (Å²) >= 11 is 1.50. The van der Waals surface area contributed by atoms with Crippen molar-refractivity contribution < 1.29 is 18.3 Å². The van der Waals surface area contributed by atoms with Crippen LogP contribution in [0.4, 0.5) is 8.78 Å². The maximum Gasteiger partial charge on any atom is 0.261 e. The lowest BCUT2D eigenvalue weighted by Gasteiger charge is -2.04. The average Bonchev–Trinajstić information content (AvgIpc) is 2.82. The van der Waals surface area contributed by atoms with E-state index in [2.05, 4.69) is 0 Å². The molecule has 0 aliphatic carbocycles. The minimum absolute atomic E-state index is 0.0327. The van der Waals surface area contributed by atoms with Gasteiger partial charge in [-0.25, -0.2) is 8.78 Å². The van der Waals surface area contributed by atoms with Crippen molar-refractivity contribution in [3.05, 3.63) is 35.2 Å². The van der Waals surface area contributed by atoms with Gasteiger partial charge in [-0.15, -0.1) is 11.3 Å². The van der Waals surface area contributed by atoms with Crippen LogP contribution in [0.5, 0.6) is 0 Å². The minimum Gasteiger partial charge on any atom is -0.375 e. The van der Waals surface area contributed by atoms with E-state index in [-0.39, 0.29) is 18.8 Å². The predicted molar refractivity (Wildman–Crippen MR) is 67.6 cm³/mol. The summed E-state index contributed by atoms with van der Waals surface area (Å²) < 4.78 is 29.3. The maximum atomic E-state index is 11.9. The van der Waals surface area contributed by atoms with E-state index in [4.69, 9.17) is 4.74 Å². The van der Waals surface area contributed by atoms with E-state index in [9.17, 15) is 13.6 Å². The van der Waals surface area contributed by atoms with E-state index in [1.807, 2.05) is 23.6 Å². The molecule has 2 rings (SSSR count). The van der Waals surface area contributed by atoms with Crippen LogP contribution in [0.2, 0.25) is 0 Å². The molecule has 96 valence electrons. The summed E-state index contributed by atoms with van der Waals surface area (Å²) in [6.45, 7) is -0.582. The lowest BCUT2D eigenvalue weighted by molar-refractivity contribution is 0.0170. The van der Waals surface area contributed by atoms with Gasteiger partial charge >= 0.3 is 0 Å². The average molecular weight is 270 g/mol. The van der Waals surface area contributed by atoms with Gasteiger partial charge in [-0.3, -0.25) is 4.79 Å². The summed E-state index contributed by atoms with van der Waals surface area (Å²) in [6.07, 6.45) is -2.36. The van der Waals surface area contributed by atoms with Gasteiger partial charge in [-0.05, 0) is 22.9 Å². The standard InChI is InChI=1S/C13H12F2O2S/c14-12(15)8-17-6-4-11(16)10-3-1-2-9-5-7-18-13(9)10/h1-3,5,7,12H,4,6,8H2. The summed E-state index contributed by atoms with van der Waals surface area (Å²) in [5.41, 5.74) is 0.642. The summed E-state index contributed by atoms with van der Waals surface area (Å²) in [6, 6.07) is 7.47. The number of benzene rings is 1. The molecule has 0 atom stereocenters. The molecule has 0 spiro atoms. The van der Waals surface area contributed by atoms with Crippen LogP contribution in [0.25, 0.3) is 10.1 Å². The molecule has 0 amide bonds. The third-order valence-electron chi connectivity index (χ3n) is 2.50. The first-order valence-corrected chi connectivity index (χ1v) is 6.42. The minimum atomic E-state index is -2.49. The van der Waals surface area contributed by atoms with Crippen LogP contribution in [-0.2, 0) is 4.74 Å². The second kappa shape index (κ2) is 6.02. The number of carbonyl (C=O) groups excluding carboxylic acids is 1. The van der Waals surface area contributed by atoms with E-state index in [1.165, 1.54) is 11.3 Å². The number of ketones is 1. The zero-order chi connectivity index (χ0) is 13.0. The van der Waals surface area contributed by atoms with Crippen molar-refractivity contribution in [3.8, 4) is 0 Å². The number of hydrogen-bond donors (Lipinski definition) is 0. The zero-order valence-corrected chi connectivity index (χ0v) is 10.4. The summed E-state index contributed by atoms with van der Waals surface area (Å²) in [7, 11) is 0. The first-order chi connectivity index (χ1) is 8.68. The molecule has 0 saturated carbocycles. The topological polar surface area (TPSA) is 26.3 Å². The second-order valence-electron chi connectivity index (χ2n) is 3.78. The Hall–Kier alpha value is -1.33. The molecule has 1 heterocycles. The van der Waals surface area contributed by atoms with Gasteiger partial charge in [0.05, 0.1) is 6.61 Å². The highest BCUT2D eigenvalue weighted by Gasteiger charge is 2.11. The molecule has 0 N–H and O–H groups in total. The molecule has 1 aromatic carbocycles. The Morgan fingerprint density at radius 2 is 2.17 bits per heavy atom. The van der Waals surface area contributed by atoms with Crippen LogP contribution in [0.15, 0.2) is 29.6 Å². The van der Waals surface area contributed by atoms with Gasteiger partial charge in [0.25, 0.3) is 6.43 Å². The van der Waals surface area contributed by atoms with Gasteiger partial charge in [-0.1, -0.05) is 12.1 Å². The van der Waals surface area contributed by atoms with Crippen LogP contribution < -0.4 is 0 Å². The molecule has 2 nitrogen and oxygen atoms in total. The fourth-order valence-electron chi connectivity index (χ4n) is 1.68. The molecular weight excluding hydrogens is 258 g/mol. The van der Waals surface area contributed by atoms with Crippen molar-refractivity contribution in [1.82, 2.24) is 0 Å². The fourth-order valence-corrected chi connectivity index (χ4v) is 2.62. The highest BCUT2D eigenvalue weighted by Crippen LogP contribution is 2.25. The van der Waals surface area contributed by atoms with Gasteiger partial charge in [-0.2, -0.15) is 0 Å². The highest BCUT2D eigenvalue weighted by atomic mass is 32.1. The van der Waals surface area contributed by atoms with E-state index in [0.717, 1.165) is 10.1 Å². The Bertz CT molecular complexity index is 537. The van der Waals surface area contributed by atoms with E-state index in [1.54, 1.807) is 6.07 Å². The third kappa shape index (κ3) is 3.11. The molecule has 0 unspecified atom stereocenters. The monoisotopic (exact) mass is 270 g/mol. The van der Waals surface area contributed by atoms with Crippen molar-refractivity contribution >= 4 is 27.2 Å². The number of carbonyl (C=O) groups is 1. The normalized spacial score (nSPS) is 11.3. The predicted octanol–water partition coefficient (Wildman–Crippen LogP) is 3.76. The lowest BCUT2D eigenvalue weighted by Crippen LogP contribution is -2.09. The molecule has 1 aromatic heterocycles. The molecule has 2 aromatic rings. The molecule has 18 heavy (non-hydrogen) atoms. The van der Waals surface area contributed by atoms with Gasteiger partial charge in [0, 0.05) is 16.7 Å². The van der Waals surface area contributed by atoms with Crippen molar-refractivity contribution in [2.45, 2.75) is 12.8 Å². The molecule has 0 aliphatic heterocycles. The van der Waals surface area contributed by atoms with Gasteiger partial charge < -0.3 is 4.74 Å². The Kier molecular flexibility index (Phi) is 4.38. The molecule has 0 radical (unpaired) electrons. The third-order valence-corrected chi connectivity index (χ3v) is 3.46. The molecule has 0 aliphatic rings. The maximum absolute atomic E-state index is 11.9. The largest absolute Gasteiger partial charge is 0.375 e. The number of fused-ring (bicyclic) bond motifs is 1. The van der Waals surface area contributed by atoms with Crippen LogP contribution in [0, 0.1) is 0 Å². The van der Waals surface area contributed by atoms with Crippen LogP contribution >= 0.6 is 11.3 Å². The fraction of sp³-hybridized carbons (Fsp3) is 0.308. The van der Waals surface area contributed by atoms with Crippen molar-refractivity contribution in [1.29, 1.82) is 0 Å². The first-order valence-electron chi connectivity index (χ1n) is 5.54. The summed E-state index contributed by atoms with van der Waals surface area (Å²) in [4.78, 5) is 11.9. The Morgan fingerprint density at radius 1 is 1.33 bits per heavy atom. The number of rotatable bonds is 6. The molecular formula is C13H12F2O2S. The van der Waals surface area contributed by atoms with E-state index in [0.29, 0.717) is 5.56 Å². The van der Waals surface area contributed by atoms with Gasteiger partial charge in [0.2, 0.25) is 0 Å². The van der Waals surface area contributed by atoms with E-state index >= 15 is 0 Å². The van der Waals surface area contributed by atoms with E-state index < -0.39 is 13.0 Å². The molecule has 0 bridgehead atoms. The number of halogens is 2. The number of Topliss-reactive ketones (excluding diaryl/α,β-unsaturated/α-hetero) is 1. The van der Waals surface area contributed by atoms with Gasteiger partial charge in [0.1, 0.15) is 6.61 Å². The molecule has 0 fully saturated rings. The number of ether oxygens (including phenoxy) is 1. The Labute approximate surface area is 107 Å². The zero-order valence-electron chi connectivity index (χ0n) is 9.57. The van der Waals surface area contributed by atoms with Crippen molar-refractivity contribution in [2.75, 3.05) is 13.2 Å².